The molecular weight excluding hydrogens is 154 g/mol. The Labute approximate surface area is 72.8 Å². The van der Waals surface area contributed by atoms with Crippen LogP contribution in [0.2, 0.25) is 0 Å². The number of isocyanates is 1. The van der Waals surface area contributed by atoms with Crippen LogP contribution in [0, 0.1) is 0 Å². The maximum Gasteiger partial charge on any atom is 0.234 e. The zero-order valence-electron chi connectivity index (χ0n) is 7.58. The molecule has 0 aromatic carbocycles. The minimum absolute atomic E-state index is 0.406. The van der Waals surface area contributed by atoms with Crippen molar-refractivity contribution in [2.24, 2.45) is 4.99 Å². The van der Waals surface area contributed by atoms with Gasteiger partial charge in [-0.2, -0.15) is 0 Å². The molecule has 0 spiro atoms. The van der Waals surface area contributed by atoms with E-state index in [2.05, 4.69) is 4.99 Å². The van der Waals surface area contributed by atoms with Gasteiger partial charge in [0.15, 0.2) is 0 Å². The van der Waals surface area contributed by atoms with Crippen molar-refractivity contribution in [1.29, 1.82) is 0 Å². The van der Waals surface area contributed by atoms with Crippen molar-refractivity contribution >= 4 is 6.08 Å². The quantitative estimate of drug-likeness (QED) is 0.293. The summed E-state index contributed by atoms with van der Waals surface area (Å²) in [6.45, 7) is 4.33. The van der Waals surface area contributed by atoms with E-state index in [0.29, 0.717) is 13.0 Å². The first-order chi connectivity index (χ1) is 5.66. The molecule has 3 heteroatoms. The first-order valence-electron chi connectivity index (χ1n) is 4.03. The van der Waals surface area contributed by atoms with Gasteiger partial charge in [-0.25, -0.2) is 9.79 Å². The summed E-state index contributed by atoms with van der Waals surface area (Å²) in [5.74, 6) is 0. The highest BCUT2D eigenvalue weighted by Crippen LogP contribution is 2.01. The molecule has 0 aliphatic carbocycles. The van der Waals surface area contributed by atoms with E-state index < -0.39 is 6.10 Å². The fourth-order valence-electron chi connectivity index (χ4n) is 0.893. The predicted molar refractivity (Wildman–Crippen MR) is 47.7 cm³/mol. The second kappa shape index (κ2) is 6.77. The largest absolute Gasteiger partial charge is 0.389 e. The molecule has 3 nitrogen and oxygen atoms in total. The standard InChI is InChI=1S/C9H15NO2/c1-8(2)6-9(12)4-3-5-10-7-11/h6,9,12H,3-5H2,1-2H3. The normalized spacial score (nSPS) is 11.6. The van der Waals surface area contributed by atoms with Gasteiger partial charge in [0, 0.05) is 0 Å². The minimum atomic E-state index is -0.406. The summed E-state index contributed by atoms with van der Waals surface area (Å²) >= 11 is 0. The summed E-state index contributed by atoms with van der Waals surface area (Å²) in [5, 5.41) is 9.30. The molecule has 68 valence electrons. The summed E-state index contributed by atoms with van der Waals surface area (Å²) in [7, 11) is 0. The van der Waals surface area contributed by atoms with Crippen LogP contribution in [0.15, 0.2) is 16.6 Å². The molecule has 0 bridgehead atoms. The fraction of sp³-hybridized carbons (Fsp3) is 0.667. The van der Waals surface area contributed by atoms with E-state index in [0.717, 1.165) is 12.0 Å². The first kappa shape index (κ1) is 11.1. The van der Waals surface area contributed by atoms with Gasteiger partial charge in [0.25, 0.3) is 0 Å². The number of carbonyl (C=O) groups excluding carboxylic acids is 1. The molecule has 0 rings (SSSR count). The lowest BCUT2D eigenvalue weighted by Gasteiger charge is -2.03. The molecule has 0 aromatic heterocycles. The summed E-state index contributed by atoms with van der Waals surface area (Å²) in [6, 6.07) is 0. The topological polar surface area (TPSA) is 49.7 Å². The van der Waals surface area contributed by atoms with Crippen molar-refractivity contribution in [3.8, 4) is 0 Å². The second-order valence-corrected chi connectivity index (χ2v) is 2.93. The third kappa shape index (κ3) is 7.19. The van der Waals surface area contributed by atoms with Crippen molar-refractivity contribution in [2.75, 3.05) is 6.54 Å². The van der Waals surface area contributed by atoms with Gasteiger partial charge in [-0.3, -0.25) is 0 Å². The molecule has 0 aliphatic rings. The SMILES string of the molecule is CC(C)=CC(O)CCCN=C=O. The average Bonchev–Trinajstić information content (AvgIpc) is 1.97. The Bertz CT molecular complexity index is 189. The highest BCUT2D eigenvalue weighted by molar-refractivity contribution is 5.32. The Balaban J connectivity index is 3.50. The molecule has 0 aromatic rings. The van der Waals surface area contributed by atoms with E-state index in [4.69, 9.17) is 0 Å². The van der Waals surface area contributed by atoms with Crippen molar-refractivity contribution < 1.29 is 9.90 Å². The number of aliphatic imine (C=N–C) groups is 1. The Morgan fingerprint density at radius 3 is 2.83 bits per heavy atom. The van der Waals surface area contributed by atoms with Gasteiger partial charge in [-0.15, -0.1) is 0 Å². The Morgan fingerprint density at radius 2 is 2.33 bits per heavy atom. The third-order valence-electron chi connectivity index (χ3n) is 1.36. The molecule has 0 amide bonds. The van der Waals surface area contributed by atoms with E-state index in [-0.39, 0.29) is 0 Å². The zero-order chi connectivity index (χ0) is 9.40. The van der Waals surface area contributed by atoms with Gasteiger partial charge in [-0.05, 0) is 26.7 Å². The molecule has 0 radical (unpaired) electrons. The molecule has 0 saturated heterocycles. The molecule has 0 fully saturated rings. The average molecular weight is 169 g/mol. The smallest absolute Gasteiger partial charge is 0.234 e. The summed E-state index contributed by atoms with van der Waals surface area (Å²) in [4.78, 5) is 13.0. The first-order valence-corrected chi connectivity index (χ1v) is 4.03. The van der Waals surface area contributed by atoms with Gasteiger partial charge in [0.05, 0.1) is 12.6 Å². The summed E-state index contributed by atoms with van der Waals surface area (Å²) in [6.07, 6.45) is 4.22. The van der Waals surface area contributed by atoms with Crippen LogP contribution in [0.3, 0.4) is 0 Å². The van der Waals surface area contributed by atoms with Crippen LogP contribution in [0.1, 0.15) is 26.7 Å². The van der Waals surface area contributed by atoms with Gasteiger partial charge in [0.2, 0.25) is 6.08 Å². The fourth-order valence-corrected chi connectivity index (χ4v) is 0.893. The van der Waals surface area contributed by atoms with Crippen LogP contribution >= 0.6 is 0 Å². The highest BCUT2D eigenvalue weighted by atomic mass is 16.3. The van der Waals surface area contributed by atoms with E-state index >= 15 is 0 Å². The molecule has 0 saturated carbocycles. The van der Waals surface area contributed by atoms with Crippen LogP contribution in [0.25, 0.3) is 0 Å². The van der Waals surface area contributed by atoms with Crippen LogP contribution in [0.5, 0.6) is 0 Å². The second-order valence-electron chi connectivity index (χ2n) is 2.93. The van der Waals surface area contributed by atoms with E-state index in [1.54, 1.807) is 6.08 Å². The molecule has 0 aliphatic heterocycles. The van der Waals surface area contributed by atoms with Gasteiger partial charge >= 0.3 is 0 Å². The van der Waals surface area contributed by atoms with E-state index in [9.17, 15) is 9.90 Å². The van der Waals surface area contributed by atoms with Gasteiger partial charge in [0.1, 0.15) is 0 Å². The summed E-state index contributed by atoms with van der Waals surface area (Å²) < 4.78 is 0. The number of hydrogen-bond acceptors (Lipinski definition) is 3. The van der Waals surface area contributed by atoms with Crippen LogP contribution in [0.4, 0.5) is 0 Å². The molecular formula is C9H15NO2. The number of nitrogens with zero attached hydrogens (tertiary/aromatic N) is 1. The number of allylic oxidation sites excluding steroid dienone is 1. The van der Waals surface area contributed by atoms with Crippen LogP contribution < -0.4 is 0 Å². The van der Waals surface area contributed by atoms with Crippen molar-refractivity contribution in [3.05, 3.63) is 11.6 Å². The zero-order valence-corrected chi connectivity index (χ0v) is 7.58. The molecule has 1 unspecified atom stereocenters. The lowest BCUT2D eigenvalue weighted by molar-refractivity contribution is 0.209. The monoisotopic (exact) mass is 169 g/mol. The Kier molecular flexibility index (Phi) is 6.25. The van der Waals surface area contributed by atoms with Gasteiger partial charge in [-0.1, -0.05) is 11.6 Å². The van der Waals surface area contributed by atoms with Crippen LogP contribution in [-0.2, 0) is 4.79 Å². The van der Waals surface area contributed by atoms with E-state index in [1.807, 2.05) is 13.8 Å². The van der Waals surface area contributed by atoms with Crippen molar-refractivity contribution in [3.63, 3.8) is 0 Å². The molecule has 0 heterocycles. The lowest BCUT2D eigenvalue weighted by atomic mass is 10.1. The maximum atomic E-state index is 9.66. The van der Waals surface area contributed by atoms with Crippen LogP contribution in [-0.4, -0.2) is 23.8 Å². The number of rotatable bonds is 5. The summed E-state index contributed by atoms with van der Waals surface area (Å²) in [5.41, 5.74) is 1.10. The Morgan fingerprint density at radius 1 is 1.67 bits per heavy atom. The number of aliphatic hydroxyl groups is 1. The Hall–Kier alpha value is -0.920. The molecule has 12 heavy (non-hydrogen) atoms. The predicted octanol–water partition coefficient (Wildman–Crippen LogP) is 1.43. The number of aliphatic hydroxyl groups excluding tert-OH is 1. The third-order valence-corrected chi connectivity index (χ3v) is 1.36. The molecule has 1 N–H and O–H groups in total. The van der Waals surface area contributed by atoms with E-state index in [1.165, 1.54) is 6.08 Å². The van der Waals surface area contributed by atoms with Gasteiger partial charge < -0.3 is 5.11 Å². The van der Waals surface area contributed by atoms with Crippen molar-refractivity contribution in [1.82, 2.24) is 0 Å². The highest BCUT2D eigenvalue weighted by Gasteiger charge is 1.98. The molecule has 1 atom stereocenters. The maximum absolute atomic E-state index is 9.66. The van der Waals surface area contributed by atoms with Crippen molar-refractivity contribution in [2.45, 2.75) is 32.8 Å². The lowest BCUT2D eigenvalue weighted by Crippen LogP contribution is -2.03. The number of hydrogen-bond donors (Lipinski definition) is 1. The minimum Gasteiger partial charge on any atom is -0.389 e.